The summed E-state index contributed by atoms with van der Waals surface area (Å²) < 4.78 is 0. The lowest BCUT2D eigenvalue weighted by atomic mass is 9.80. The Balaban J connectivity index is 1.69. The van der Waals surface area contributed by atoms with Gasteiger partial charge in [0.2, 0.25) is 0 Å². The highest BCUT2D eigenvalue weighted by Crippen LogP contribution is 2.40. The first-order chi connectivity index (χ1) is 8.38. The largest absolute Gasteiger partial charge is 0.316 e. The maximum atomic E-state index is 3.59. The summed E-state index contributed by atoms with van der Waals surface area (Å²) in [5, 5.41) is 5.88. The first-order valence-corrected chi connectivity index (χ1v) is 8.00. The molecule has 2 aliphatic rings. The van der Waals surface area contributed by atoms with Gasteiger partial charge in [0.25, 0.3) is 0 Å². The van der Waals surface area contributed by atoms with Gasteiger partial charge in [-0.15, -0.1) is 11.3 Å². The second-order valence-corrected chi connectivity index (χ2v) is 6.71. The Kier molecular flexibility index (Phi) is 3.53. The summed E-state index contributed by atoms with van der Waals surface area (Å²) in [7, 11) is 2.15. The number of hydrogen-bond donors (Lipinski definition) is 1. The molecule has 1 fully saturated rings. The minimum atomic E-state index is 0.712. The second kappa shape index (κ2) is 5.11. The number of aryl methyl sites for hydroxylation is 1. The molecule has 3 rings (SSSR count). The van der Waals surface area contributed by atoms with Crippen molar-refractivity contribution in [1.29, 1.82) is 0 Å². The fraction of sp³-hybridized carbons (Fsp3) is 0.733. The summed E-state index contributed by atoms with van der Waals surface area (Å²) in [4.78, 5) is 1.66. The lowest BCUT2D eigenvalue weighted by molar-refractivity contribution is 0.381. The van der Waals surface area contributed by atoms with Gasteiger partial charge in [0.05, 0.1) is 0 Å². The van der Waals surface area contributed by atoms with E-state index >= 15 is 0 Å². The summed E-state index contributed by atoms with van der Waals surface area (Å²) in [5.74, 6) is 1.85. The maximum Gasteiger partial charge on any atom is 0.0133 e. The van der Waals surface area contributed by atoms with Crippen molar-refractivity contribution in [3.63, 3.8) is 0 Å². The van der Waals surface area contributed by atoms with E-state index in [0.29, 0.717) is 6.04 Å². The monoisotopic (exact) mass is 249 g/mol. The van der Waals surface area contributed by atoms with Crippen molar-refractivity contribution in [2.24, 2.45) is 5.92 Å². The number of fused-ring (bicyclic) bond motifs is 1. The summed E-state index contributed by atoms with van der Waals surface area (Å²) >= 11 is 1.97. The van der Waals surface area contributed by atoms with E-state index in [1.165, 1.54) is 44.9 Å². The molecule has 1 heterocycles. The van der Waals surface area contributed by atoms with Gasteiger partial charge in [-0.2, -0.15) is 0 Å². The Hall–Kier alpha value is -0.340. The van der Waals surface area contributed by atoms with E-state index < -0.39 is 0 Å². The van der Waals surface area contributed by atoms with Gasteiger partial charge < -0.3 is 5.32 Å². The minimum absolute atomic E-state index is 0.712. The number of nitrogens with one attached hydrogen (secondary N) is 1. The molecule has 0 aromatic carbocycles. The molecule has 17 heavy (non-hydrogen) atoms. The van der Waals surface area contributed by atoms with Gasteiger partial charge in [-0.3, -0.25) is 0 Å². The van der Waals surface area contributed by atoms with Crippen molar-refractivity contribution >= 4 is 11.3 Å². The lowest BCUT2D eigenvalue weighted by Crippen LogP contribution is -2.33. The Bertz CT molecular complexity index is 367. The summed E-state index contributed by atoms with van der Waals surface area (Å²) in [6, 6.07) is 3.09. The van der Waals surface area contributed by atoms with Gasteiger partial charge in [-0.1, -0.05) is 12.8 Å². The molecule has 1 aromatic heterocycles. The molecule has 0 bridgehead atoms. The van der Waals surface area contributed by atoms with E-state index in [1.54, 1.807) is 10.4 Å². The van der Waals surface area contributed by atoms with Gasteiger partial charge in [0.1, 0.15) is 0 Å². The fourth-order valence-corrected chi connectivity index (χ4v) is 4.31. The third kappa shape index (κ3) is 2.58. The Morgan fingerprint density at radius 1 is 1.41 bits per heavy atom. The molecule has 2 aliphatic carbocycles. The molecular formula is C15H23NS. The maximum absolute atomic E-state index is 3.59. The van der Waals surface area contributed by atoms with E-state index in [-0.39, 0.29) is 0 Å². The van der Waals surface area contributed by atoms with Crippen LogP contribution in [-0.4, -0.2) is 13.1 Å². The zero-order chi connectivity index (χ0) is 11.7. The van der Waals surface area contributed by atoms with Crippen LogP contribution < -0.4 is 5.32 Å². The third-order valence-electron chi connectivity index (χ3n) is 4.54. The van der Waals surface area contributed by atoms with Crippen LogP contribution >= 0.6 is 11.3 Å². The molecule has 0 saturated heterocycles. The van der Waals surface area contributed by atoms with Crippen molar-refractivity contribution in [2.75, 3.05) is 7.05 Å². The molecule has 1 saturated carbocycles. The minimum Gasteiger partial charge on any atom is -0.316 e. The SMILES string of the molecule is CNC(CCC1CC1)C1CCCc2sccc21. The standard InChI is InChI=1S/C15H23NS/c1-16-14(8-7-11-5-6-11)12-3-2-4-15-13(12)9-10-17-15/h9-12,14,16H,2-8H2,1H3. The number of likely N-dealkylation sites (N-methyl/N-ethyl adjacent to an activating group) is 1. The van der Waals surface area contributed by atoms with Gasteiger partial charge in [0, 0.05) is 16.8 Å². The molecule has 0 radical (unpaired) electrons. The molecule has 1 aromatic rings. The fourth-order valence-electron chi connectivity index (χ4n) is 3.31. The van der Waals surface area contributed by atoms with E-state index in [2.05, 4.69) is 23.8 Å². The molecule has 2 unspecified atom stereocenters. The summed E-state index contributed by atoms with van der Waals surface area (Å²) in [6.07, 6.45) is 9.90. The van der Waals surface area contributed by atoms with Crippen LogP contribution in [0.3, 0.4) is 0 Å². The molecule has 2 heteroatoms. The van der Waals surface area contributed by atoms with Crippen molar-refractivity contribution in [2.45, 2.75) is 56.9 Å². The highest BCUT2D eigenvalue weighted by Gasteiger charge is 2.29. The van der Waals surface area contributed by atoms with Crippen LogP contribution in [0.5, 0.6) is 0 Å². The first kappa shape index (κ1) is 11.7. The topological polar surface area (TPSA) is 12.0 Å². The van der Waals surface area contributed by atoms with Crippen LogP contribution in [0, 0.1) is 5.92 Å². The predicted octanol–water partition coefficient (Wildman–Crippen LogP) is 3.95. The van der Waals surface area contributed by atoms with Crippen molar-refractivity contribution in [1.82, 2.24) is 5.32 Å². The van der Waals surface area contributed by atoms with Gasteiger partial charge >= 0.3 is 0 Å². The quantitative estimate of drug-likeness (QED) is 0.833. The molecule has 0 spiro atoms. The summed E-state index contributed by atoms with van der Waals surface area (Å²) in [6.45, 7) is 0. The number of hydrogen-bond acceptors (Lipinski definition) is 2. The molecular weight excluding hydrogens is 226 g/mol. The van der Waals surface area contributed by atoms with E-state index in [4.69, 9.17) is 0 Å². The molecule has 1 nitrogen and oxygen atoms in total. The number of rotatable bonds is 5. The average molecular weight is 249 g/mol. The van der Waals surface area contributed by atoms with Crippen molar-refractivity contribution in [3.05, 3.63) is 21.9 Å². The van der Waals surface area contributed by atoms with E-state index in [0.717, 1.165) is 11.8 Å². The van der Waals surface area contributed by atoms with Crippen LogP contribution in [0.1, 0.15) is 54.9 Å². The Morgan fingerprint density at radius 2 is 2.29 bits per heavy atom. The highest BCUT2D eigenvalue weighted by atomic mass is 32.1. The number of thiophene rings is 1. The van der Waals surface area contributed by atoms with Crippen LogP contribution in [0.25, 0.3) is 0 Å². The van der Waals surface area contributed by atoms with Crippen LogP contribution in [-0.2, 0) is 6.42 Å². The van der Waals surface area contributed by atoms with Gasteiger partial charge in [-0.05, 0) is 62.1 Å². The summed E-state index contributed by atoms with van der Waals surface area (Å²) in [5.41, 5.74) is 1.66. The molecule has 1 N–H and O–H groups in total. The average Bonchev–Trinajstić information content (AvgIpc) is 3.05. The predicted molar refractivity (Wildman–Crippen MR) is 74.8 cm³/mol. The van der Waals surface area contributed by atoms with Crippen molar-refractivity contribution < 1.29 is 0 Å². The van der Waals surface area contributed by atoms with Crippen LogP contribution in [0.15, 0.2) is 11.4 Å². The first-order valence-electron chi connectivity index (χ1n) is 7.12. The van der Waals surface area contributed by atoms with E-state index in [9.17, 15) is 0 Å². The second-order valence-electron chi connectivity index (χ2n) is 5.71. The van der Waals surface area contributed by atoms with Crippen molar-refractivity contribution in [3.8, 4) is 0 Å². The normalized spacial score (nSPS) is 25.6. The smallest absolute Gasteiger partial charge is 0.0133 e. The van der Waals surface area contributed by atoms with Gasteiger partial charge in [-0.25, -0.2) is 0 Å². The molecule has 0 amide bonds. The van der Waals surface area contributed by atoms with Crippen LogP contribution in [0.2, 0.25) is 0 Å². The lowest BCUT2D eigenvalue weighted by Gasteiger charge is -2.30. The highest BCUT2D eigenvalue weighted by molar-refractivity contribution is 7.10. The zero-order valence-corrected chi connectivity index (χ0v) is 11.6. The zero-order valence-electron chi connectivity index (χ0n) is 10.7. The van der Waals surface area contributed by atoms with Crippen LogP contribution in [0.4, 0.5) is 0 Å². The Labute approximate surface area is 109 Å². The molecule has 0 aliphatic heterocycles. The third-order valence-corrected chi connectivity index (χ3v) is 5.53. The molecule has 2 atom stereocenters. The van der Waals surface area contributed by atoms with Gasteiger partial charge in [0.15, 0.2) is 0 Å². The molecule has 94 valence electrons. The van der Waals surface area contributed by atoms with E-state index in [1.807, 2.05) is 11.3 Å². The Morgan fingerprint density at radius 3 is 3.06 bits per heavy atom.